The molecule has 0 fully saturated rings. The topological polar surface area (TPSA) is 96.2 Å². The number of benzene rings is 4. The maximum absolute atomic E-state index is 14.2. The summed E-state index contributed by atoms with van der Waals surface area (Å²) in [4.78, 5) is 45.0. The van der Waals surface area contributed by atoms with Crippen LogP contribution in [0.5, 0.6) is 5.75 Å². The van der Waals surface area contributed by atoms with Gasteiger partial charge < -0.3 is 14.2 Å². The van der Waals surface area contributed by atoms with Gasteiger partial charge >= 0.3 is 11.9 Å². The van der Waals surface area contributed by atoms with Crippen molar-refractivity contribution in [1.29, 1.82) is 0 Å². The number of carbonyl (C=O) groups excluding carboxylic acids is 2. The van der Waals surface area contributed by atoms with E-state index in [2.05, 4.69) is 0 Å². The molecule has 1 aliphatic rings. The van der Waals surface area contributed by atoms with E-state index in [1.807, 2.05) is 54.6 Å². The van der Waals surface area contributed by atoms with Gasteiger partial charge in [0.15, 0.2) is 4.80 Å². The van der Waals surface area contributed by atoms with E-state index < -0.39 is 17.8 Å². The van der Waals surface area contributed by atoms with Gasteiger partial charge in [-0.25, -0.2) is 19.0 Å². The van der Waals surface area contributed by atoms with Gasteiger partial charge in [0.05, 0.1) is 40.6 Å². The van der Waals surface area contributed by atoms with Gasteiger partial charge in [-0.3, -0.25) is 9.36 Å². The Balaban J connectivity index is 1.43. The average Bonchev–Trinajstić information content (AvgIpc) is 3.42. The summed E-state index contributed by atoms with van der Waals surface area (Å²) >= 11 is 1.18. The highest BCUT2D eigenvalue weighted by molar-refractivity contribution is 7.07. The number of fused-ring (bicyclic) bond motifs is 1. The molecule has 0 saturated carbocycles. The first-order valence-electron chi connectivity index (χ1n) is 15.4. The predicted molar refractivity (Wildman–Crippen MR) is 181 cm³/mol. The second kappa shape index (κ2) is 14.4. The number of carbonyl (C=O) groups is 2. The molecule has 1 atom stereocenters. The molecule has 8 nitrogen and oxygen atoms in total. The van der Waals surface area contributed by atoms with Crippen LogP contribution in [0.3, 0.4) is 0 Å². The first kappa shape index (κ1) is 32.3. The van der Waals surface area contributed by atoms with E-state index in [4.69, 9.17) is 19.2 Å². The zero-order chi connectivity index (χ0) is 33.6. The quantitative estimate of drug-likeness (QED) is 0.175. The molecular formula is C38H31FN2O6S. The van der Waals surface area contributed by atoms with Crippen molar-refractivity contribution >= 4 is 35.0 Å². The molecule has 5 aromatic rings. The first-order valence-corrected chi connectivity index (χ1v) is 16.2. The molecular weight excluding hydrogens is 631 g/mol. The fourth-order valence-corrected chi connectivity index (χ4v) is 6.38. The van der Waals surface area contributed by atoms with Crippen LogP contribution >= 0.6 is 11.3 Å². The van der Waals surface area contributed by atoms with Crippen molar-refractivity contribution in [1.82, 2.24) is 4.57 Å². The second-order valence-electron chi connectivity index (χ2n) is 10.7. The van der Waals surface area contributed by atoms with Crippen LogP contribution in [-0.2, 0) is 20.9 Å². The van der Waals surface area contributed by atoms with Crippen LogP contribution in [0.2, 0.25) is 0 Å². The van der Waals surface area contributed by atoms with Crippen molar-refractivity contribution < 1.29 is 28.2 Å². The van der Waals surface area contributed by atoms with Crippen LogP contribution < -0.4 is 19.6 Å². The molecule has 0 bridgehead atoms. The van der Waals surface area contributed by atoms with Gasteiger partial charge in [-0.15, -0.1) is 0 Å². The fourth-order valence-electron chi connectivity index (χ4n) is 5.39. The maximum atomic E-state index is 14.2. The third-order valence-electron chi connectivity index (χ3n) is 7.62. The van der Waals surface area contributed by atoms with Gasteiger partial charge in [0.25, 0.3) is 5.56 Å². The Kier molecular flexibility index (Phi) is 9.73. The van der Waals surface area contributed by atoms with E-state index in [0.717, 1.165) is 5.56 Å². The zero-order valence-corrected chi connectivity index (χ0v) is 27.0. The molecule has 0 spiro atoms. The normalized spacial score (nSPS) is 14.2. The molecule has 242 valence electrons. The van der Waals surface area contributed by atoms with Crippen LogP contribution in [0.15, 0.2) is 118 Å². The summed E-state index contributed by atoms with van der Waals surface area (Å²) in [6.07, 6.45) is 1.74. The van der Waals surface area contributed by atoms with Crippen LogP contribution in [0, 0.1) is 5.82 Å². The van der Waals surface area contributed by atoms with Gasteiger partial charge in [0.1, 0.15) is 18.2 Å². The molecule has 48 heavy (non-hydrogen) atoms. The van der Waals surface area contributed by atoms with E-state index in [9.17, 15) is 18.8 Å². The molecule has 10 heteroatoms. The summed E-state index contributed by atoms with van der Waals surface area (Å²) in [6.45, 7) is 4.11. The summed E-state index contributed by atoms with van der Waals surface area (Å²) in [6, 6.07) is 28.3. The number of ether oxygens (including phenoxy) is 3. The van der Waals surface area contributed by atoms with Gasteiger partial charge in [-0.2, -0.15) is 0 Å². The summed E-state index contributed by atoms with van der Waals surface area (Å²) in [5.41, 5.74) is 3.38. The number of esters is 2. The molecule has 0 unspecified atom stereocenters. The SMILES string of the molecule is CCOC(=O)C1=C(c2ccccc2)N=c2s/c(=C\c3ccccc3OCc3ccc(C(=O)OCC)cc3)c(=O)n2[C@H]1c1ccc(F)cc1. The minimum absolute atomic E-state index is 0.122. The third kappa shape index (κ3) is 6.74. The van der Waals surface area contributed by atoms with Crippen LogP contribution in [-0.4, -0.2) is 29.7 Å². The van der Waals surface area contributed by atoms with E-state index >= 15 is 0 Å². The standard InChI is InChI=1S/C38H31FN2O6S/c1-3-45-36(43)27-16-14-24(15-17-27)23-47-30-13-9-8-12-28(30)22-31-35(42)41-34(26-18-20-29(39)21-19-26)32(37(44)46-4-2)33(40-38(41)48-31)25-10-6-5-7-11-25/h5-22,34H,3-4,23H2,1-2H3/b31-22-/t34-/m0/s1. The van der Waals surface area contributed by atoms with Crippen LogP contribution in [0.1, 0.15) is 52.5 Å². The predicted octanol–water partition coefficient (Wildman–Crippen LogP) is 5.83. The van der Waals surface area contributed by atoms with Gasteiger partial charge in [-0.1, -0.05) is 84.1 Å². The molecule has 1 aromatic heterocycles. The zero-order valence-electron chi connectivity index (χ0n) is 26.2. The van der Waals surface area contributed by atoms with Gasteiger partial charge in [0.2, 0.25) is 0 Å². The van der Waals surface area contributed by atoms with E-state index in [1.54, 1.807) is 56.3 Å². The lowest BCUT2D eigenvalue weighted by atomic mass is 9.93. The van der Waals surface area contributed by atoms with Crippen molar-refractivity contribution in [3.05, 3.63) is 162 Å². The highest BCUT2D eigenvalue weighted by Gasteiger charge is 2.35. The molecule has 0 saturated heterocycles. The third-order valence-corrected chi connectivity index (χ3v) is 8.61. The summed E-state index contributed by atoms with van der Waals surface area (Å²) < 4.78 is 32.6. The molecule has 6 rings (SSSR count). The second-order valence-corrected chi connectivity index (χ2v) is 11.7. The Hall–Kier alpha value is -5.61. The molecule has 4 aromatic carbocycles. The largest absolute Gasteiger partial charge is 0.488 e. The van der Waals surface area contributed by atoms with E-state index in [0.29, 0.717) is 49.6 Å². The number of thiazole rings is 1. The van der Waals surface area contributed by atoms with E-state index in [-0.39, 0.29) is 30.3 Å². The number of halogens is 1. The monoisotopic (exact) mass is 662 g/mol. The number of hydrogen-bond acceptors (Lipinski definition) is 8. The molecule has 1 aliphatic heterocycles. The Morgan fingerprint density at radius 3 is 2.23 bits per heavy atom. The number of aromatic nitrogens is 1. The Bertz CT molecular complexity index is 2170. The minimum atomic E-state index is -0.915. The molecule has 0 N–H and O–H groups in total. The number of nitrogens with zero attached hydrogens (tertiary/aromatic N) is 2. The van der Waals surface area contributed by atoms with Crippen LogP contribution in [0.4, 0.5) is 4.39 Å². The Morgan fingerprint density at radius 1 is 0.854 bits per heavy atom. The maximum Gasteiger partial charge on any atom is 0.338 e. The van der Waals surface area contributed by atoms with Crippen molar-refractivity contribution in [2.45, 2.75) is 26.5 Å². The lowest BCUT2D eigenvalue weighted by Gasteiger charge is -2.25. The van der Waals surface area contributed by atoms with Crippen molar-refractivity contribution in [2.24, 2.45) is 4.99 Å². The highest BCUT2D eigenvalue weighted by atomic mass is 32.1. The number of para-hydroxylation sites is 1. The van der Waals surface area contributed by atoms with Crippen molar-refractivity contribution in [3.8, 4) is 5.75 Å². The molecule has 0 radical (unpaired) electrons. The summed E-state index contributed by atoms with van der Waals surface area (Å²) in [5.74, 6) is -0.894. The Morgan fingerprint density at radius 2 is 1.52 bits per heavy atom. The number of rotatable bonds is 10. The lowest BCUT2D eigenvalue weighted by molar-refractivity contribution is -0.138. The molecule has 0 aliphatic carbocycles. The highest BCUT2D eigenvalue weighted by Crippen LogP contribution is 2.35. The first-order chi connectivity index (χ1) is 23.4. The molecule has 2 heterocycles. The minimum Gasteiger partial charge on any atom is -0.488 e. The fraction of sp³-hybridized carbons (Fsp3) is 0.158. The van der Waals surface area contributed by atoms with Crippen molar-refractivity contribution in [3.63, 3.8) is 0 Å². The smallest absolute Gasteiger partial charge is 0.338 e. The number of hydrogen-bond donors (Lipinski definition) is 0. The summed E-state index contributed by atoms with van der Waals surface area (Å²) in [5, 5.41) is 0. The van der Waals surface area contributed by atoms with Gasteiger partial charge in [0, 0.05) is 11.1 Å². The summed E-state index contributed by atoms with van der Waals surface area (Å²) in [7, 11) is 0. The molecule has 0 amide bonds. The van der Waals surface area contributed by atoms with Gasteiger partial charge in [-0.05, 0) is 61.4 Å². The lowest BCUT2D eigenvalue weighted by Crippen LogP contribution is -2.40. The Labute approximate surface area is 279 Å². The average molecular weight is 663 g/mol. The van der Waals surface area contributed by atoms with E-state index in [1.165, 1.54) is 28.0 Å². The van der Waals surface area contributed by atoms with Crippen LogP contribution in [0.25, 0.3) is 11.8 Å². The van der Waals surface area contributed by atoms with Crippen molar-refractivity contribution in [2.75, 3.05) is 13.2 Å².